The lowest BCUT2D eigenvalue weighted by Crippen LogP contribution is -2.41. The number of nitrogens with one attached hydrogen (secondary N) is 2. The van der Waals surface area contributed by atoms with Gasteiger partial charge in [-0.2, -0.15) is 0 Å². The van der Waals surface area contributed by atoms with Gasteiger partial charge in [0.05, 0.1) is 10.5 Å². The third kappa shape index (κ3) is 4.44. The van der Waals surface area contributed by atoms with E-state index in [9.17, 15) is 9.18 Å². The van der Waals surface area contributed by atoms with E-state index in [1.54, 1.807) is 19.1 Å². The number of amides is 1. The van der Waals surface area contributed by atoms with E-state index in [-0.39, 0.29) is 17.8 Å². The molecule has 0 bridgehead atoms. The summed E-state index contributed by atoms with van der Waals surface area (Å²) in [6, 6.07) is 4.53. The average molecular weight is 303 g/mol. The molecule has 0 saturated carbocycles. The molecular formula is C12H16BrFN2O. The fourth-order valence-corrected chi connectivity index (χ4v) is 1.77. The third-order valence-corrected chi connectivity index (χ3v) is 2.95. The van der Waals surface area contributed by atoms with Gasteiger partial charge in [-0.25, -0.2) is 4.39 Å². The summed E-state index contributed by atoms with van der Waals surface area (Å²) in [5, 5.41) is 5.81. The zero-order valence-electron chi connectivity index (χ0n) is 9.89. The first-order valence-corrected chi connectivity index (χ1v) is 6.29. The fourth-order valence-electron chi connectivity index (χ4n) is 1.34. The first kappa shape index (κ1) is 14.1. The van der Waals surface area contributed by atoms with Crippen LogP contribution in [0.4, 0.5) is 4.39 Å². The Morgan fingerprint density at radius 3 is 2.82 bits per heavy atom. The van der Waals surface area contributed by atoms with Gasteiger partial charge in [0, 0.05) is 13.1 Å². The third-order valence-electron chi connectivity index (χ3n) is 2.34. The molecule has 0 saturated heterocycles. The van der Waals surface area contributed by atoms with Crippen LogP contribution in [0, 0.1) is 5.82 Å². The lowest BCUT2D eigenvalue weighted by molar-refractivity contribution is -0.122. The minimum Gasteiger partial charge on any atom is -0.355 e. The second-order valence-corrected chi connectivity index (χ2v) is 4.60. The normalized spacial score (nSPS) is 12.2. The van der Waals surface area contributed by atoms with Crippen molar-refractivity contribution in [1.29, 1.82) is 0 Å². The maximum absolute atomic E-state index is 13.0. The van der Waals surface area contributed by atoms with Crippen molar-refractivity contribution in [2.45, 2.75) is 26.4 Å². The molecule has 1 atom stereocenters. The Bertz CT molecular complexity index is 398. The van der Waals surface area contributed by atoms with Gasteiger partial charge in [0.25, 0.3) is 0 Å². The van der Waals surface area contributed by atoms with Crippen LogP contribution in [0.2, 0.25) is 0 Å². The summed E-state index contributed by atoms with van der Waals surface area (Å²) in [5.41, 5.74) is 0.925. The molecule has 0 spiro atoms. The molecule has 0 radical (unpaired) electrons. The zero-order valence-corrected chi connectivity index (χ0v) is 11.5. The highest BCUT2D eigenvalue weighted by molar-refractivity contribution is 9.10. The van der Waals surface area contributed by atoms with Gasteiger partial charge in [0.15, 0.2) is 0 Å². The maximum Gasteiger partial charge on any atom is 0.236 e. The van der Waals surface area contributed by atoms with E-state index in [1.165, 1.54) is 6.07 Å². The minimum absolute atomic E-state index is 0.0336. The first-order chi connectivity index (χ1) is 8.04. The molecule has 1 rings (SSSR count). The Kier molecular flexibility index (Phi) is 5.58. The predicted molar refractivity (Wildman–Crippen MR) is 69.1 cm³/mol. The number of likely N-dealkylation sites (N-methyl/N-ethyl adjacent to an activating group) is 1. The number of hydrogen-bond acceptors (Lipinski definition) is 2. The van der Waals surface area contributed by atoms with E-state index in [0.717, 1.165) is 5.56 Å². The van der Waals surface area contributed by atoms with E-state index in [1.807, 2.05) is 6.92 Å². The Hall–Kier alpha value is -0.940. The molecule has 94 valence electrons. The Morgan fingerprint density at radius 2 is 2.24 bits per heavy atom. The number of hydrogen-bond donors (Lipinski definition) is 2. The van der Waals surface area contributed by atoms with Gasteiger partial charge in [-0.3, -0.25) is 4.79 Å². The van der Waals surface area contributed by atoms with Crippen molar-refractivity contribution in [2.24, 2.45) is 0 Å². The molecule has 1 unspecified atom stereocenters. The zero-order chi connectivity index (χ0) is 12.8. The van der Waals surface area contributed by atoms with Crippen molar-refractivity contribution in [3.63, 3.8) is 0 Å². The van der Waals surface area contributed by atoms with Crippen LogP contribution in [0.25, 0.3) is 0 Å². The topological polar surface area (TPSA) is 41.1 Å². The summed E-state index contributed by atoms with van der Waals surface area (Å²) in [5.74, 6) is -0.320. The fraction of sp³-hybridized carbons (Fsp3) is 0.417. The Balaban J connectivity index is 2.50. The highest BCUT2D eigenvalue weighted by Crippen LogP contribution is 2.16. The molecule has 0 fully saturated rings. The first-order valence-electron chi connectivity index (χ1n) is 5.49. The molecule has 0 heterocycles. The van der Waals surface area contributed by atoms with Gasteiger partial charge in [-0.05, 0) is 47.5 Å². The molecular weight excluding hydrogens is 287 g/mol. The molecule has 1 amide bonds. The van der Waals surface area contributed by atoms with Crippen LogP contribution < -0.4 is 10.6 Å². The lowest BCUT2D eigenvalue weighted by atomic mass is 10.2. The lowest BCUT2D eigenvalue weighted by Gasteiger charge is -2.13. The van der Waals surface area contributed by atoms with E-state index in [2.05, 4.69) is 26.6 Å². The van der Waals surface area contributed by atoms with Crippen LogP contribution in [0.5, 0.6) is 0 Å². The Morgan fingerprint density at radius 1 is 1.53 bits per heavy atom. The molecule has 2 N–H and O–H groups in total. The standard InChI is InChI=1S/C12H16BrFN2O/c1-3-15-12(17)8(2)16-7-9-4-5-11(14)10(13)6-9/h4-6,8,16H,3,7H2,1-2H3,(H,15,17). The van der Waals surface area contributed by atoms with Crippen molar-refractivity contribution in [3.8, 4) is 0 Å². The summed E-state index contributed by atoms with van der Waals surface area (Å²) in [6.07, 6.45) is 0. The summed E-state index contributed by atoms with van der Waals surface area (Å²) >= 11 is 3.12. The molecule has 1 aromatic rings. The van der Waals surface area contributed by atoms with Crippen LogP contribution in [0.1, 0.15) is 19.4 Å². The minimum atomic E-state index is -0.287. The van der Waals surface area contributed by atoms with Crippen LogP contribution >= 0.6 is 15.9 Å². The van der Waals surface area contributed by atoms with Crippen LogP contribution in [0.3, 0.4) is 0 Å². The van der Waals surface area contributed by atoms with Crippen LogP contribution in [0.15, 0.2) is 22.7 Å². The van der Waals surface area contributed by atoms with Gasteiger partial charge in [0.2, 0.25) is 5.91 Å². The SMILES string of the molecule is CCNC(=O)C(C)NCc1ccc(F)c(Br)c1. The number of benzene rings is 1. The summed E-state index contributed by atoms with van der Waals surface area (Å²) in [4.78, 5) is 11.4. The van der Waals surface area contributed by atoms with Crippen molar-refractivity contribution >= 4 is 21.8 Å². The van der Waals surface area contributed by atoms with Crippen LogP contribution in [-0.2, 0) is 11.3 Å². The second kappa shape index (κ2) is 6.71. The molecule has 5 heteroatoms. The smallest absolute Gasteiger partial charge is 0.236 e. The largest absolute Gasteiger partial charge is 0.355 e. The number of rotatable bonds is 5. The molecule has 0 aliphatic carbocycles. The van der Waals surface area contributed by atoms with Crippen molar-refractivity contribution in [2.75, 3.05) is 6.54 Å². The van der Waals surface area contributed by atoms with Gasteiger partial charge in [-0.15, -0.1) is 0 Å². The average Bonchev–Trinajstić information content (AvgIpc) is 2.30. The summed E-state index contributed by atoms with van der Waals surface area (Å²) < 4.78 is 13.4. The van der Waals surface area contributed by atoms with E-state index in [4.69, 9.17) is 0 Å². The molecule has 1 aromatic carbocycles. The van der Waals surface area contributed by atoms with Crippen LogP contribution in [-0.4, -0.2) is 18.5 Å². The highest BCUT2D eigenvalue weighted by atomic mass is 79.9. The number of carbonyl (C=O) groups excluding carboxylic acids is 1. The predicted octanol–water partition coefficient (Wildman–Crippen LogP) is 2.20. The van der Waals surface area contributed by atoms with Gasteiger partial charge in [-0.1, -0.05) is 6.07 Å². The monoisotopic (exact) mass is 302 g/mol. The van der Waals surface area contributed by atoms with E-state index >= 15 is 0 Å². The van der Waals surface area contributed by atoms with Crippen molar-refractivity contribution in [3.05, 3.63) is 34.1 Å². The highest BCUT2D eigenvalue weighted by Gasteiger charge is 2.10. The molecule has 3 nitrogen and oxygen atoms in total. The van der Waals surface area contributed by atoms with E-state index in [0.29, 0.717) is 17.6 Å². The molecule has 0 aromatic heterocycles. The van der Waals surface area contributed by atoms with Gasteiger partial charge >= 0.3 is 0 Å². The molecule has 0 aliphatic heterocycles. The number of halogens is 2. The van der Waals surface area contributed by atoms with Crippen molar-refractivity contribution in [1.82, 2.24) is 10.6 Å². The molecule has 17 heavy (non-hydrogen) atoms. The Labute approximate surface area is 109 Å². The van der Waals surface area contributed by atoms with E-state index < -0.39 is 0 Å². The second-order valence-electron chi connectivity index (χ2n) is 3.75. The maximum atomic E-state index is 13.0. The molecule has 0 aliphatic rings. The quantitative estimate of drug-likeness (QED) is 0.875. The summed E-state index contributed by atoms with van der Waals surface area (Å²) in [7, 11) is 0. The number of carbonyl (C=O) groups is 1. The van der Waals surface area contributed by atoms with Crippen molar-refractivity contribution < 1.29 is 9.18 Å². The summed E-state index contributed by atoms with van der Waals surface area (Å²) in [6.45, 7) is 4.81. The van der Waals surface area contributed by atoms with Gasteiger partial charge in [0.1, 0.15) is 5.82 Å². The van der Waals surface area contributed by atoms with Gasteiger partial charge < -0.3 is 10.6 Å².